The van der Waals surface area contributed by atoms with Gasteiger partial charge >= 0.3 is 0 Å². The van der Waals surface area contributed by atoms with Crippen LogP contribution in [0.2, 0.25) is 0 Å². The number of carbonyl (C=O) groups excluding carboxylic acids is 1. The van der Waals surface area contributed by atoms with Gasteiger partial charge in [0.2, 0.25) is 5.91 Å². The minimum absolute atomic E-state index is 0.0875. The highest BCUT2D eigenvalue weighted by Crippen LogP contribution is 2.34. The Morgan fingerprint density at radius 2 is 1.81 bits per heavy atom. The van der Waals surface area contributed by atoms with Gasteiger partial charge in [0.05, 0.1) is 5.69 Å². The van der Waals surface area contributed by atoms with E-state index in [9.17, 15) is 4.79 Å². The van der Waals surface area contributed by atoms with Gasteiger partial charge in [-0.2, -0.15) is 0 Å². The molecular formula is C20H22N4OS. The topological polar surface area (TPSA) is 59.8 Å². The fraction of sp³-hybridized carbons (Fsp3) is 0.250. The Morgan fingerprint density at radius 1 is 1.08 bits per heavy atom. The number of hydrogen-bond donors (Lipinski definition) is 1. The quantitative estimate of drug-likeness (QED) is 0.649. The summed E-state index contributed by atoms with van der Waals surface area (Å²) in [6.45, 7) is 4.54. The number of unbranched alkanes of at least 4 members (excludes halogenated alkanes) is 1. The van der Waals surface area contributed by atoms with Gasteiger partial charge in [-0.15, -0.1) is 10.2 Å². The van der Waals surface area contributed by atoms with Crippen LogP contribution in [-0.2, 0) is 11.3 Å². The zero-order chi connectivity index (χ0) is 18.4. The number of benzene rings is 2. The van der Waals surface area contributed by atoms with Crippen LogP contribution in [0.4, 0.5) is 5.69 Å². The van der Waals surface area contributed by atoms with Crippen molar-refractivity contribution in [1.82, 2.24) is 14.8 Å². The van der Waals surface area contributed by atoms with Crippen molar-refractivity contribution in [2.24, 2.45) is 0 Å². The van der Waals surface area contributed by atoms with Gasteiger partial charge in [0.15, 0.2) is 11.0 Å². The molecule has 6 heteroatoms. The van der Waals surface area contributed by atoms with Crippen LogP contribution in [0.15, 0.2) is 64.6 Å². The van der Waals surface area contributed by atoms with E-state index < -0.39 is 0 Å². The number of para-hydroxylation sites is 1. The highest BCUT2D eigenvalue weighted by Gasteiger charge is 2.16. The van der Waals surface area contributed by atoms with E-state index >= 15 is 0 Å². The van der Waals surface area contributed by atoms with Crippen molar-refractivity contribution in [2.75, 3.05) is 5.32 Å². The largest absolute Gasteiger partial charge is 0.325 e. The third-order valence-electron chi connectivity index (χ3n) is 3.88. The van der Waals surface area contributed by atoms with Gasteiger partial charge in [0, 0.05) is 23.9 Å². The smallest absolute Gasteiger partial charge is 0.221 e. The summed E-state index contributed by atoms with van der Waals surface area (Å²) >= 11 is 1.52. The molecule has 0 bridgehead atoms. The maximum atomic E-state index is 11.5. The van der Waals surface area contributed by atoms with Gasteiger partial charge in [-0.25, -0.2) is 0 Å². The van der Waals surface area contributed by atoms with Crippen LogP contribution in [0.25, 0.3) is 11.4 Å². The van der Waals surface area contributed by atoms with Gasteiger partial charge < -0.3 is 9.88 Å². The fourth-order valence-corrected chi connectivity index (χ4v) is 3.57. The Bertz CT molecular complexity index is 877. The number of carbonyl (C=O) groups is 1. The van der Waals surface area contributed by atoms with Gasteiger partial charge in [0.1, 0.15) is 0 Å². The first-order valence-electron chi connectivity index (χ1n) is 8.72. The molecule has 2 aromatic carbocycles. The number of anilines is 1. The maximum Gasteiger partial charge on any atom is 0.221 e. The van der Waals surface area contributed by atoms with E-state index in [1.165, 1.54) is 18.7 Å². The Hall–Kier alpha value is -2.60. The average molecular weight is 366 g/mol. The van der Waals surface area contributed by atoms with Gasteiger partial charge in [-0.3, -0.25) is 4.79 Å². The SMILES string of the molecule is CCCCn1c(Sc2ccccc2NC(C)=O)nnc1-c1ccccc1. The van der Waals surface area contributed by atoms with E-state index in [-0.39, 0.29) is 5.91 Å². The van der Waals surface area contributed by atoms with Crippen molar-refractivity contribution in [3.05, 3.63) is 54.6 Å². The maximum absolute atomic E-state index is 11.5. The van der Waals surface area contributed by atoms with Crippen molar-refractivity contribution >= 4 is 23.4 Å². The lowest BCUT2D eigenvalue weighted by Gasteiger charge is -2.12. The fourth-order valence-electron chi connectivity index (χ4n) is 2.63. The second kappa shape index (κ2) is 8.67. The molecule has 0 saturated carbocycles. The lowest BCUT2D eigenvalue weighted by molar-refractivity contribution is -0.114. The molecule has 1 amide bonds. The second-order valence-corrected chi connectivity index (χ2v) is 6.97. The molecule has 5 nitrogen and oxygen atoms in total. The van der Waals surface area contributed by atoms with Gasteiger partial charge in [0.25, 0.3) is 0 Å². The van der Waals surface area contributed by atoms with Crippen molar-refractivity contribution in [3.8, 4) is 11.4 Å². The molecule has 0 saturated heterocycles. The molecule has 3 rings (SSSR count). The number of nitrogens with zero attached hydrogens (tertiary/aromatic N) is 3. The van der Waals surface area contributed by atoms with Crippen LogP contribution < -0.4 is 5.32 Å². The Labute approximate surface area is 157 Å². The molecule has 0 radical (unpaired) electrons. The normalized spacial score (nSPS) is 10.7. The van der Waals surface area contributed by atoms with E-state index in [0.717, 1.165) is 46.5 Å². The molecule has 0 unspecified atom stereocenters. The lowest BCUT2D eigenvalue weighted by Crippen LogP contribution is -2.07. The number of hydrogen-bond acceptors (Lipinski definition) is 4. The predicted octanol–water partition coefficient (Wildman–Crippen LogP) is 4.85. The Morgan fingerprint density at radius 3 is 2.54 bits per heavy atom. The molecule has 0 aliphatic rings. The molecule has 1 aromatic heterocycles. The first-order valence-corrected chi connectivity index (χ1v) is 9.53. The zero-order valence-corrected chi connectivity index (χ0v) is 15.8. The van der Waals surface area contributed by atoms with Crippen molar-refractivity contribution < 1.29 is 4.79 Å². The zero-order valence-electron chi connectivity index (χ0n) is 15.0. The molecule has 1 heterocycles. The first-order chi connectivity index (χ1) is 12.7. The van der Waals surface area contributed by atoms with Crippen molar-refractivity contribution in [2.45, 2.75) is 43.3 Å². The summed E-state index contributed by atoms with van der Waals surface area (Å²) < 4.78 is 2.16. The van der Waals surface area contributed by atoms with Crippen LogP contribution in [0.3, 0.4) is 0 Å². The second-order valence-electron chi connectivity index (χ2n) is 5.96. The molecule has 26 heavy (non-hydrogen) atoms. The third-order valence-corrected chi connectivity index (χ3v) is 4.94. The van der Waals surface area contributed by atoms with E-state index in [1.54, 1.807) is 0 Å². The molecule has 1 N–H and O–H groups in total. The summed E-state index contributed by atoms with van der Waals surface area (Å²) in [5, 5.41) is 12.6. The molecular weight excluding hydrogens is 344 g/mol. The monoisotopic (exact) mass is 366 g/mol. The van der Waals surface area contributed by atoms with Crippen LogP contribution in [0.1, 0.15) is 26.7 Å². The van der Waals surface area contributed by atoms with Crippen LogP contribution in [-0.4, -0.2) is 20.7 Å². The van der Waals surface area contributed by atoms with E-state index in [4.69, 9.17) is 0 Å². The van der Waals surface area contributed by atoms with E-state index in [1.807, 2.05) is 54.6 Å². The van der Waals surface area contributed by atoms with Crippen molar-refractivity contribution in [1.29, 1.82) is 0 Å². The number of rotatable bonds is 7. The molecule has 0 atom stereocenters. The molecule has 0 aliphatic carbocycles. The number of nitrogens with one attached hydrogen (secondary N) is 1. The van der Waals surface area contributed by atoms with Crippen LogP contribution >= 0.6 is 11.8 Å². The van der Waals surface area contributed by atoms with E-state index in [2.05, 4.69) is 27.0 Å². The molecule has 0 fully saturated rings. The van der Waals surface area contributed by atoms with Crippen molar-refractivity contribution in [3.63, 3.8) is 0 Å². The molecule has 134 valence electrons. The predicted molar refractivity (Wildman–Crippen MR) is 105 cm³/mol. The number of aromatic nitrogens is 3. The highest BCUT2D eigenvalue weighted by molar-refractivity contribution is 7.99. The summed E-state index contributed by atoms with van der Waals surface area (Å²) in [5.74, 6) is 0.786. The lowest BCUT2D eigenvalue weighted by atomic mass is 10.2. The summed E-state index contributed by atoms with van der Waals surface area (Å²) in [6.07, 6.45) is 2.15. The van der Waals surface area contributed by atoms with Crippen LogP contribution in [0.5, 0.6) is 0 Å². The molecule has 3 aromatic rings. The summed E-state index contributed by atoms with van der Waals surface area (Å²) in [4.78, 5) is 12.4. The molecule has 0 aliphatic heterocycles. The van der Waals surface area contributed by atoms with Gasteiger partial charge in [-0.05, 0) is 30.3 Å². The summed E-state index contributed by atoms with van der Waals surface area (Å²) in [6, 6.07) is 17.9. The first kappa shape index (κ1) is 18.2. The summed E-state index contributed by atoms with van der Waals surface area (Å²) in [7, 11) is 0. The third kappa shape index (κ3) is 4.32. The van der Waals surface area contributed by atoms with Gasteiger partial charge in [-0.1, -0.05) is 55.8 Å². The van der Waals surface area contributed by atoms with Crippen LogP contribution in [0, 0.1) is 0 Å². The highest BCUT2D eigenvalue weighted by atomic mass is 32.2. The average Bonchev–Trinajstić information content (AvgIpc) is 3.04. The Balaban J connectivity index is 1.96. The Kier molecular flexibility index (Phi) is 6.07. The number of amides is 1. The minimum Gasteiger partial charge on any atom is -0.325 e. The molecule has 0 spiro atoms. The van der Waals surface area contributed by atoms with E-state index in [0.29, 0.717) is 0 Å². The standard InChI is InChI=1S/C20H22N4OS/c1-3-4-14-24-19(16-10-6-5-7-11-16)22-23-20(24)26-18-13-9-8-12-17(18)21-15(2)25/h5-13H,3-4,14H2,1-2H3,(H,21,25). The minimum atomic E-state index is -0.0875. The summed E-state index contributed by atoms with van der Waals surface area (Å²) in [5.41, 5.74) is 1.84.